The topological polar surface area (TPSA) is 103 Å². The van der Waals surface area contributed by atoms with Gasteiger partial charge in [-0.25, -0.2) is 9.78 Å². The van der Waals surface area contributed by atoms with Gasteiger partial charge < -0.3 is 14.8 Å². The first-order valence-electron chi connectivity index (χ1n) is 9.03. The quantitative estimate of drug-likeness (QED) is 0.579. The van der Waals surface area contributed by atoms with Crippen molar-refractivity contribution in [3.63, 3.8) is 0 Å². The van der Waals surface area contributed by atoms with Gasteiger partial charge in [-0.3, -0.25) is 5.32 Å². The van der Waals surface area contributed by atoms with Crippen LogP contribution in [-0.2, 0) is 4.74 Å². The van der Waals surface area contributed by atoms with Gasteiger partial charge in [-0.1, -0.05) is 0 Å². The Morgan fingerprint density at radius 3 is 2.71 bits per heavy atom. The first-order valence-corrected chi connectivity index (χ1v) is 9.03. The van der Waals surface area contributed by atoms with Crippen molar-refractivity contribution in [1.82, 2.24) is 24.9 Å². The Hall–Kier alpha value is -3.20. The molecule has 0 aliphatic heterocycles. The maximum Gasteiger partial charge on any atom is 0.321 e. The van der Waals surface area contributed by atoms with Crippen molar-refractivity contribution in [2.75, 3.05) is 26.1 Å². The number of benzene rings is 1. The standard InChI is InChI=1S/C19H24N6O3/c1-13(5-4-12-27-2)21-19(26)23-17-22-18-20-11-10-16(25(18)24-17)14-6-8-15(28-3)9-7-14/h6-11,13H,4-5,12H2,1-3H3,(H2,21,23,24,26)/t13-/m0/s1. The fraction of sp³-hybridized carbons (Fsp3) is 0.368. The van der Waals surface area contributed by atoms with Crippen molar-refractivity contribution in [2.24, 2.45) is 0 Å². The zero-order valence-electron chi connectivity index (χ0n) is 16.2. The molecule has 9 nitrogen and oxygen atoms in total. The highest BCUT2D eigenvalue weighted by Gasteiger charge is 2.13. The van der Waals surface area contributed by atoms with Crippen molar-refractivity contribution >= 4 is 17.8 Å². The third kappa shape index (κ3) is 4.74. The Morgan fingerprint density at radius 1 is 1.21 bits per heavy atom. The molecule has 0 fully saturated rings. The minimum absolute atomic E-state index is 0.0140. The Morgan fingerprint density at radius 2 is 2.00 bits per heavy atom. The fourth-order valence-corrected chi connectivity index (χ4v) is 2.79. The number of hydrogen-bond donors (Lipinski definition) is 2. The van der Waals surface area contributed by atoms with Gasteiger partial charge in [-0.2, -0.15) is 9.50 Å². The average Bonchev–Trinajstić information content (AvgIpc) is 3.10. The van der Waals surface area contributed by atoms with E-state index in [1.54, 1.807) is 24.9 Å². The molecule has 148 valence electrons. The van der Waals surface area contributed by atoms with Gasteiger partial charge in [0.2, 0.25) is 0 Å². The van der Waals surface area contributed by atoms with Crippen molar-refractivity contribution in [2.45, 2.75) is 25.8 Å². The molecule has 0 aliphatic rings. The van der Waals surface area contributed by atoms with Crippen LogP contribution in [0, 0.1) is 0 Å². The summed E-state index contributed by atoms with van der Waals surface area (Å²) >= 11 is 0. The van der Waals surface area contributed by atoms with Crippen molar-refractivity contribution in [3.05, 3.63) is 36.5 Å². The molecule has 2 aromatic heterocycles. The molecule has 9 heteroatoms. The molecular weight excluding hydrogens is 360 g/mol. The Bertz CT molecular complexity index is 925. The maximum absolute atomic E-state index is 12.2. The number of anilines is 1. The number of ether oxygens (including phenoxy) is 2. The third-order valence-electron chi connectivity index (χ3n) is 4.21. The minimum Gasteiger partial charge on any atom is -0.497 e. The van der Waals surface area contributed by atoms with Crippen LogP contribution in [0.3, 0.4) is 0 Å². The number of carbonyl (C=O) groups is 1. The molecule has 0 saturated carbocycles. The van der Waals surface area contributed by atoms with Gasteiger partial charge in [-0.05, 0) is 50.1 Å². The Kier molecular flexibility index (Phi) is 6.38. The Labute approximate surface area is 163 Å². The number of aromatic nitrogens is 4. The summed E-state index contributed by atoms with van der Waals surface area (Å²) in [7, 11) is 3.28. The van der Waals surface area contributed by atoms with Crippen LogP contribution in [-0.4, -0.2) is 52.5 Å². The van der Waals surface area contributed by atoms with E-state index in [4.69, 9.17) is 9.47 Å². The van der Waals surface area contributed by atoms with Gasteiger partial charge in [0.15, 0.2) is 0 Å². The van der Waals surface area contributed by atoms with E-state index in [0.29, 0.717) is 12.4 Å². The van der Waals surface area contributed by atoms with Crippen LogP contribution in [0.25, 0.3) is 17.0 Å². The van der Waals surface area contributed by atoms with Gasteiger partial charge in [0.05, 0.1) is 12.8 Å². The van der Waals surface area contributed by atoms with E-state index < -0.39 is 0 Å². The van der Waals surface area contributed by atoms with Crippen LogP contribution in [0.4, 0.5) is 10.7 Å². The lowest BCUT2D eigenvalue weighted by Gasteiger charge is -2.13. The lowest BCUT2D eigenvalue weighted by Crippen LogP contribution is -2.36. The molecule has 0 aliphatic carbocycles. The third-order valence-corrected chi connectivity index (χ3v) is 4.21. The summed E-state index contributed by atoms with van der Waals surface area (Å²) in [5, 5.41) is 9.90. The minimum atomic E-state index is -0.355. The van der Waals surface area contributed by atoms with Crippen molar-refractivity contribution in [3.8, 4) is 17.0 Å². The number of nitrogens with one attached hydrogen (secondary N) is 2. The summed E-state index contributed by atoms with van der Waals surface area (Å²) in [4.78, 5) is 20.7. The molecule has 0 saturated heterocycles. The monoisotopic (exact) mass is 384 g/mol. The number of nitrogens with zero attached hydrogens (tertiary/aromatic N) is 4. The van der Waals surface area contributed by atoms with Crippen LogP contribution >= 0.6 is 0 Å². The number of methoxy groups -OCH3 is 2. The average molecular weight is 384 g/mol. The largest absolute Gasteiger partial charge is 0.497 e. The highest BCUT2D eigenvalue weighted by Crippen LogP contribution is 2.22. The SMILES string of the molecule is COCCC[C@H](C)NC(=O)Nc1nc2nccc(-c3ccc(OC)cc3)n2n1. The van der Waals surface area contributed by atoms with Crippen molar-refractivity contribution < 1.29 is 14.3 Å². The second kappa shape index (κ2) is 9.14. The van der Waals surface area contributed by atoms with Crippen LogP contribution in [0.5, 0.6) is 5.75 Å². The van der Waals surface area contributed by atoms with E-state index in [1.807, 2.05) is 37.3 Å². The number of urea groups is 1. The second-order valence-electron chi connectivity index (χ2n) is 6.34. The smallest absolute Gasteiger partial charge is 0.321 e. The van der Waals surface area contributed by atoms with E-state index in [1.165, 1.54) is 0 Å². The maximum atomic E-state index is 12.2. The zero-order valence-corrected chi connectivity index (χ0v) is 16.2. The molecule has 3 rings (SSSR count). The van der Waals surface area contributed by atoms with E-state index >= 15 is 0 Å². The number of carbonyl (C=O) groups excluding carboxylic acids is 1. The molecular formula is C19H24N6O3. The van der Waals surface area contributed by atoms with Crippen LogP contribution in [0.15, 0.2) is 36.5 Å². The lowest BCUT2D eigenvalue weighted by atomic mass is 10.1. The van der Waals surface area contributed by atoms with E-state index in [-0.39, 0.29) is 18.0 Å². The van der Waals surface area contributed by atoms with Crippen LogP contribution in [0.2, 0.25) is 0 Å². The highest BCUT2D eigenvalue weighted by molar-refractivity contribution is 5.87. The summed E-state index contributed by atoms with van der Waals surface area (Å²) in [6.45, 7) is 2.61. The summed E-state index contributed by atoms with van der Waals surface area (Å²) < 4.78 is 11.8. The second-order valence-corrected chi connectivity index (χ2v) is 6.34. The number of rotatable bonds is 8. The molecule has 2 heterocycles. The van der Waals surface area contributed by atoms with E-state index in [0.717, 1.165) is 29.8 Å². The number of amides is 2. The molecule has 0 bridgehead atoms. The van der Waals surface area contributed by atoms with Gasteiger partial charge in [-0.15, -0.1) is 5.10 Å². The summed E-state index contributed by atoms with van der Waals surface area (Å²) in [5.74, 6) is 1.36. The van der Waals surface area contributed by atoms with Gasteiger partial charge in [0, 0.05) is 31.5 Å². The van der Waals surface area contributed by atoms with Crippen molar-refractivity contribution in [1.29, 1.82) is 0 Å². The zero-order chi connectivity index (χ0) is 19.9. The van der Waals surface area contributed by atoms with Crippen LogP contribution in [0.1, 0.15) is 19.8 Å². The first kappa shape index (κ1) is 19.6. The van der Waals surface area contributed by atoms with Crippen LogP contribution < -0.4 is 15.4 Å². The first-order chi connectivity index (χ1) is 13.6. The summed E-state index contributed by atoms with van der Waals surface area (Å²) in [5.41, 5.74) is 1.74. The Balaban J connectivity index is 1.72. The molecule has 1 aromatic carbocycles. The molecule has 2 amide bonds. The molecule has 2 N–H and O–H groups in total. The van der Waals surface area contributed by atoms with E-state index in [9.17, 15) is 4.79 Å². The number of fused-ring (bicyclic) bond motifs is 1. The molecule has 0 radical (unpaired) electrons. The van der Waals surface area contributed by atoms with Gasteiger partial charge in [0.1, 0.15) is 5.75 Å². The summed E-state index contributed by atoms with van der Waals surface area (Å²) in [6.07, 6.45) is 3.36. The molecule has 0 unspecified atom stereocenters. The lowest BCUT2D eigenvalue weighted by molar-refractivity contribution is 0.189. The number of hydrogen-bond acceptors (Lipinski definition) is 6. The molecule has 3 aromatic rings. The normalized spacial score (nSPS) is 12.0. The molecule has 1 atom stereocenters. The summed E-state index contributed by atoms with van der Waals surface area (Å²) in [6, 6.07) is 9.09. The van der Waals surface area contributed by atoms with Gasteiger partial charge >= 0.3 is 6.03 Å². The predicted octanol–water partition coefficient (Wildman–Crippen LogP) is 2.74. The highest BCUT2D eigenvalue weighted by atomic mass is 16.5. The molecule has 0 spiro atoms. The molecule has 28 heavy (non-hydrogen) atoms. The predicted molar refractivity (Wildman–Crippen MR) is 105 cm³/mol. The van der Waals surface area contributed by atoms with Gasteiger partial charge in [0.25, 0.3) is 11.7 Å². The fourth-order valence-electron chi connectivity index (χ4n) is 2.79. The van der Waals surface area contributed by atoms with E-state index in [2.05, 4.69) is 25.7 Å².